The zero-order valence-corrected chi connectivity index (χ0v) is 15.5. The molecule has 1 amide bonds. The van der Waals surface area contributed by atoms with E-state index in [1.54, 1.807) is 4.90 Å². The smallest absolute Gasteiger partial charge is 0.410 e. The van der Waals surface area contributed by atoms with Crippen LogP contribution in [-0.4, -0.2) is 50.4 Å². The van der Waals surface area contributed by atoms with Gasteiger partial charge in [-0.1, -0.05) is 0 Å². The predicted molar refractivity (Wildman–Crippen MR) is 96.8 cm³/mol. The van der Waals surface area contributed by atoms with Crippen LogP contribution in [0.15, 0.2) is 24.3 Å². The van der Waals surface area contributed by atoms with Crippen molar-refractivity contribution < 1.29 is 14.3 Å². The fourth-order valence-electron chi connectivity index (χ4n) is 2.66. The number of carbonyl (C=O) groups excluding carboxylic acids is 1. The van der Waals surface area contributed by atoms with Gasteiger partial charge in [-0.05, 0) is 63.8 Å². The molecule has 1 saturated heterocycles. The number of benzene rings is 1. The molecule has 0 N–H and O–H groups in total. The number of carbonyl (C=O) groups is 1. The molecule has 0 bridgehead atoms. The molecule has 134 valence electrons. The number of hydrogen-bond donors (Lipinski definition) is 0. The fourth-order valence-corrected chi connectivity index (χ4v) is 2.66. The summed E-state index contributed by atoms with van der Waals surface area (Å²) in [6, 6.07) is 8.12. The van der Waals surface area contributed by atoms with E-state index in [-0.39, 0.29) is 6.09 Å². The van der Waals surface area contributed by atoms with Gasteiger partial charge in [-0.3, -0.25) is 0 Å². The summed E-state index contributed by atoms with van der Waals surface area (Å²) in [5.41, 5.74) is 0.725. The van der Waals surface area contributed by atoms with Crippen molar-refractivity contribution in [3.63, 3.8) is 0 Å². The summed E-state index contributed by atoms with van der Waals surface area (Å²) < 4.78 is 11.3. The highest BCUT2D eigenvalue weighted by molar-refractivity contribution is 5.68. The highest BCUT2D eigenvalue weighted by atomic mass is 16.6. The number of hydrogen-bond acceptors (Lipinski definition) is 4. The molecule has 1 aliphatic rings. The largest absolute Gasteiger partial charge is 0.493 e. The van der Waals surface area contributed by atoms with Crippen LogP contribution in [0.3, 0.4) is 0 Å². The SMILES string of the molecule is CN(C)c1ccc(OCC2CCN(C(=O)OC(C)(C)C)CC2)cc1. The Morgan fingerprint density at radius 3 is 2.25 bits per heavy atom. The summed E-state index contributed by atoms with van der Waals surface area (Å²) in [6.45, 7) is 7.86. The monoisotopic (exact) mass is 334 g/mol. The lowest BCUT2D eigenvalue weighted by Crippen LogP contribution is -2.42. The maximum absolute atomic E-state index is 12.1. The van der Waals surface area contributed by atoms with E-state index in [2.05, 4.69) is 17.0 Å². The number of nitrogens with zero attached hydrogens (tertiary/aromatic N) is 2. The highest BCUT2D eigenvalue weighted by Gasteiger charge is 2.27. The van der Waals surface area contributed by atoms with Crippen LogP contribution in [-0.2, 0) is 4.74 Å². The average molecular weight is 334 g/mol. The standard InChI is InChI=1S/C19H30N2O3/c1-19(2,3)24-18(22)21-12-10-15(11-13-21)14-23-17-8-6-16(7-9-17)20(4)5/h6-9,15H,10-14H2,1-5H3. The number of amides is 1. The second-order valence-electron chi connectivity index (χ2n) is 7.61. The first kappa shape index (κ1) is 18.4. The molecule has 24 heavy (non-hydrogen) atoms. The molecule has 0 atom stereocenters. The van der Waals surface area contributed by atoms with Crippen molar-refractivity contribution >= 4 is 11.8 Å². The van der Waals surface area contributed by atoms with Gasteiger partial charge in [0, 0.05) is 32.9 Å². The van der Waals surface area contributed by atoms with Gasteiger partial charge >= 0.3 is 6.09 Å². The Labute approximate surface area is 145 Å². The molecule has 1 aromatic carbocycles. The maximum atomic E-state index is 12.1. The van der Waals surface area contributed by atoms with E-state index in [4.69, 9.17) is 9.47 Å². The lowest BCUT2D eigenvalue weighted by Gasteiger charge is -2.33. The van der Waals surface area contributed by atoms with Crippen LogP contribution in [0, 0.1) is 5.92 Å². The number of likely N-dealkylation sites (tertiary alicyclic amines) is 1. The average Bonchev–Trinajstić information content (AvgIpc) is 2.52. The van der Waals surface area contributed by atoms with Gasteiger partial charge in [-0.2, -0.15) is 0 Å². The normalized spacial score (nSPS) is 16.0. The molecule has 5 nitrogen and oxygen atoms in total. The minimum Gasteiger partial charge on any atom is -0.493 e. The first-order valence-electron chi connectivity index (χ1n) is 8.63. The third-order valence-corrected chi connectivity index (χ3v) is 4.11. The van der Waals surface area contributed by atoms with Crippen LogP contribution in [0.5, 0.6) is 5.75 Å². The Balaban J connectivity index is 1.74. The van der Waals surface area contributed by atoms with Crippen LogP contribution >= 0.6 is 0 Å². The van der Waals surface area contributed by atoms with Crippen molar-refractivity contribution in [2.75, 3.05) is 38.7 Å². The summed E-state index contributed by atoms with van der Waals surface area (Å²) in [5.74, 6) is 1.38. The molecular formula is C19H30N2O3. The lowest BCUT2D eigenvalue weighted by molar-refractivity contribution is 0.0165. The minimum absolute atomic E-state index is 0.207. The summed E-state index contributed by atoms with van der Waals surface area (Å²) in [4.78, 5) is 15.9. The quantitative estimate of drug-likeness (QED) is 0.840. The van der Waals surface area contributed by atoms with Gasteiger partial charge in [0.05, 0.1) is 6.61 Å². The van der Waals surface area contributed by atoms with Crippen molar-refractivity contribution in [2.45, 2.75) is 39.2 Å². The summed E-state index contributed by atoms with van der Waals surface area (Å²) >= 11 is 0. The topological polar surface area (TPSA) is 42.0 Å². The van der Waals surface area contributed by atoms with Crippen molar-refractivity contribution in [2.24, 2.45) is 5.92 Å². The van der Waals surface area contributed by atoms with Crippen LogP contribution in [0.1, 0.15) is 33.6 Å². The molecule has 0 aliphatic carbocycles. The zero-order chi connectivity index (χ0) is 17.7. The number of rotatable bonds is 4. The van der Waals surface area contributed by atoms with Gasteiger partial charge in [0.2, 0.25) is 0 Å². The van der Waals surface area contributed by atoms with Gasteiger partial charge in [0.15, 0.2) is 0 Å². The molecule has 1 heterocycles. The zero-order valence-electron chi connectivity index (χ0n) is 15.5. The first-order chi connectivity index (χ1) is 11.2. The second-order valence-corrected chi connectivity index (χ2v) is 7.61. The van der Waals surface area contributed by atoms with Crippen molar-refractivity contribution in [3.8, 4) is 5.75 Å². The Bertz CT molecular complexity index is 527. The molecule has 5 heteroatoms. The summed E-state index contributed by atoms with van der Waals surface area (Å²) in [5, 5.41) is 0. The van der Waals surface area contributed by atoms with Gasteiger partial charge in [0.1, 0.15) is 11.4 Å². The Morgan fingerprint density at radius 2 is 1.75 bits per heavy atom. The van der Waals surface area contributed by atoms with E-state index in [1.807, 2.05) is 47.0 Å². The van der Waals surface area contributed by atoms with Crippen molar-refractivity contribution in [1.29, 1.82) is 0 Å². The Hall–Kier alpha value is -1.91. The number of piperidine rings is 1. The van der Waals surface area contributed by atoms with Gasteiger partial charge in [0.25, 0.3) is 0 Å². The van der Waals surface area contributed by atoms with Gasteiger partial charge in [-0.15, -0.1) is 0 Å². The third-order valence-electron chi connectivity index (χ3n) is 4.11. The predicted octanol–water partition coefficient (Wildman–Crippen LogP) is 3.78. The molecule has 0 aromatic heterocycles. The molecule has 1 aliphatic heterocycles. The molecule has 1 fully saturated rings. The minimum atomic E-state index is -0.435. The number of anilines is 1. The third kappa shape index (κ3) is 5.62. The van der Waals surface area contributed by atoms with Gasteiger partial charge in [-0.25, -0.2) is 4.79 Å². The fraction of sp³-hybridized carbons (Fsp3) is 0.632. The molecule has 0 radical (unpaired) electrons. The summed E-state index contributed by atoms with van der Waals surface area (Å²) in [6.07, 6.45) is 1.70. The molecule has 2 rings (SSSR count). The van der Waals surface area contributed by atoms with Gasteiger partial charge < -0.3 is 19.3 Å². The van der Waals surface area contributed by atoms with E-state index >= 15 is 0 Å². The number of ether oxygens (including phenoxy) is 2. The van der Waals surface area contributed by atoms with E-state index in [1.165, 1.54) is 0 Å². The summed E-state index contributed by atoms with van der Waals surface area (Å²) in [7, 11) is 4.04. The first-order valence-corrected chi connectivity index (χ1v) is 8.63. The van der Waals surface area contributed by atoms with Crippen molar-refractivity contribution in [3.05, 3.63) is 24.3 Å². The van der Waals surface area contributed by atoms with Crippen LogP contribution in [0.25, 0.3) is 0 Å². The second kappa shape index (κ2) is 7.77. The van der Waals surface area contributed by atoms with E-state index in [9.17, 15) is 4.79 Å². The van der Waals surface area contributed by atoms with Crippen LogP contribution < -0.4 is 9.64 Å². The Kier molecular flexibility index (Phi) is 5.97. The highest BCUT2D eigenvalue weighted by Crippen LogP contribution is 2.22. The van der Waals surface area contributed by atoms with E-state index in [0.29, 0.717) is 12.5 Å². The van der Waals surface area contributed by atoms with E-state index in [0.717, 1.165) is 37.4 Å². The molecule has 0 spiro atoms. The maximum Gasteiger partial charge on any atom is 0.410 e. The van der Waals surface area contributed by atoms with Crippen molar-refractivity contribution in [1.82, 2.24) is 4.90 Å². The van der Waals surface area contributed by atoms with E-state index < -0.39 is 5.60 Å². The molecule has 0 unspecified atom stereocenters. The molecule has 0 saturated carbocycles. The van der Waals surface area contributed by atoms with Crippen LogP contribution in [0.4, 0.5) is 10.5 Å². The Morgan fingerprint density at radius 1 is 1.17 bits per heavy atom. The molecule has 1 aromatic rings. The molecular weight excluding hydrogens is 304 g/mol. The lowest BCUT2D eigenvalue weighted by atomic mass is 9.98. The van der Waals surface area contributed by atoms with Crippen LogP contribution in [0.2, 0.25) is 0 Å².